The molecular weight excluding hydrogens is 252 g/mol. The number of benzene rings is 2. The number of fused-ring (bicyclic) bond motifs is 3. The molecule has 0 saturated heterocycles. The normalized spacial score (nSPS) is 11.2. The highest BCUT2D eigenvalue weighted by molar-refractivity contribution is 6.32. The first-order chi connectivity index (χ1) is 8.56. The molecule has 18 heavy (non-hydrogen) atoms. The third-order valence-corrected chi connectivity index (χ3v) is 3.38. The molecule has 0 aliphatic rings. The predicted molar refractivity (Wildman–Crippen MR) is 71.4 cm³/mol. The summed E-state index contributed by atoms with van der Waals surface area (Å²) in [5.41, 5.74) is 0.755. The minimum absolute atomic E-state index is 0.0585. The van der Waals surface area contributed by atoms with Gasteiger partial charge in [-0.15, -0.1) is 0 Å². The minimum Gasteiger partial charge on any atom is -0.508 e. The lowest BCUT2D eigenvalue weighted by molar-refractivity contribution is 0.473. The molecule has 0 unspecified atom stereocenters. The number of aryl methyl sites for hydroxylation is 1. The topological polar surface area (TPSA) is 50.4 Å². The molecule has 0 fully saturated rings. The summed E-state index contributed by atoms with van der Waals surface area (Å²) in [5.74, 6) is 0.0585. The smallest absolute Gasteiger partial charge is 0.344 e. The van der Waals surface area contributed by atoms with E-state index in [2.05, 4.69) is 0 Å². The van der Waals surface area contributed by atoms with Gasteiger partial charge in [-0.1, -0.05) is 11.6 Å². The van der Waals surface area contributed by atoms with Gasteiger partial charge >= 0.3 is 5.63 Å². The molecule has 0 amide bonds. The summed E-state index contributed by atoms with van der Waals surface area (Å²) in [7, 11) is 0. The van der Waals surface area contributed by atoms with Crippen LogP contribution >= 0.6 is 11.6 Å². The monoisotopic (exact) mass is 260 g/mol. The van der Waals surface area contributed by atoms with E-state index in [1.807, 2.05) is 6.92 Å². The lowest BCUT2D eigenvalue weighted by Crippen LogP contribution is -2.00. The maximum atomic E-state index is 11.9. The van der Waals surface area contributed by atoms with Crippen molar-refractivity contribution in [3.05, 3.63) is 51.3 Å². The van der Waals surface area contributed by atoms with Gasteiger partial charge in [0.05, 0.1) is 5.39 Å². The number of hydrogen-bond acceptors (Lipinski definition) is 3. The Balaban J connectivity index is 2.61. The summed E-state index contributed by atoms with van der Waals surface area (Å²) in [6, 6.07) is 8.15. The molecule has 90 valence electrons. The van der Waals surface area contributed by atoms with Crippen LogP contribution in [0.3, 0.4) is 0 Å². The van der Waals surface area contributed by atoms with E-state index in [1.165, 1.54) is 6.07 Å². The second-order valence-electron chi connectivity index (χ2n) is 4.22. The fourth-order valence-corrected chi connectivity index (χ4v) is 2.21. The first kappa shape index (κ1) is 11.1. The predicted octanol–water partition coefficient (Wildman–Crippen LogP) is 3.61. The molecule has 0 radical (unpaired) electrons. The van der Waals surface area contributed by atoms with Crippen LogP contribution in [0.25, 0.3) is 21.7 Å². The van der Waals surface area contributed by atoms with Crippen molar-refractivity contribution in [2.75, 3.05) is 0 Å². The van der Waals surface area contributed by atoms with Crippen LogP contribution in [0.4, 0.5) is 0 Å². The van der Waals surface area contributed by atoms with E-state index in [9.17, 15) is 9.90 Å². The maximum absolute atomic E-state index is 11.9. The zero-order chi connectivity index (χ0) is 12.9. The Morgan fingerprint density at radius 2 is 1.89 bits per heavy atom. The van der Waals surface area contributed by atoms with Crippen molar-refractivity contribution >= 4 is 33.3 Å². The van der Waals surface area contributed by atoms with Crippen molar-refractivity contribution in [1.29, 1.82) is 0 Å². The van der Waals surface area contributed by atoms with Gasteiger partial charge in [0.1, 0.15) is 11.3 Å². The van der Waals surface area contributed by atoms with Gasteiger partial charge in [-0.2, -0.15) is 0 Å². The highest BCUT2D eigenvalue weighted by atomic mass is 35.5. The van der Waals surface area contributed by atoms with Crippen LogP contribution in [0, 0.1) is 6.92 Å². The second kappa shape index (κ2) is 3.75. The Bertz CT molecular complexity index is 834. The average Bonchev–Trinajstić information content (AvgIpc) is 2.31. The van der Waals surface area contributed by atoms with Gasteiger partial charge in [0.2, 0.25) is 0 Å². The van der Waals surface area contributed by atoms with Crippen molar-refractivity contribution < 1.29 is 9.52 Å². The zero-order valence-corrected chi connectivity index (χ0v) is 10.3. The summed E-state index contributed by atoms with van der Waals surface area (Å²) in [6.45, 7) is 1.84. The minimum atomic E-state index is -0.428. The van der Waals surface area contributed by atoms with Crippen LogP contribution in [0.5, 0.6) is 5.75 Å². The van der Waals surface area contributed by atoms with Crippen molar-refractivity contribution in [2.45, 2.75) is 6.92 Å². The number of phenolic OH excluding ortho intramolecular Hbond substituents is 1. The number of halogens is 1. The molecule has 1 heterocycles. The zero-order valence-electron chi connectivity index (χ0n) is 9.53. The molecule has 3 rings (SSSR count). The van der Waals surface area contributed by atoms with E-state index in [0.717, 1.165) is 16.3 Å². The number of hydrogen-bond donors (Lipinski definition) is 1. The molecule has 0 atom stereocenters. The Morgan fingerprint density at radius 3 is 2.67 bits per heavy atom. The third kappa shape index (κ3) is 1.56. The van der Waals surface area contributed by atoms with Crippen LogP contribution < -0.4 is 5.63 Å². The molecule has 3 nitrogen and oxygen atoms in total. The standard InChI is InChI=1S/C14H9ClO3/c1-7-4-11-10(6-12(7)15)9-3-2-8(16)5-13(9)18-14(11)17/h2-6,16H,1H3. The summed E-state index contributed by atoms with van der Waals surface area (Å²) >= 11 is 6.09. The van der Waals surface area contributed by atoms with Crippen molar-refractivity contribution in [1.82, 2.24) is 0 Å². The van der Waals surface area contributed by atoms with Gasteiger partial charge < -0.3 is 9.52 Å². The van der Waals surface area contributed by atoms with Gasteiger partial charge in [-0.3, -0.25) is 0 Å². The van der Waals surface area contributed by atoms with E-state index < -0.39 is 5.63 Å². The highest BCUT2D eigenvalue weighted by Gasteiger charge is 2.10. The largest absolute Gasteiger partial charge is 0.508 e. The molecule has 0 saturated carbocycles. The highest BCUT2D eigenvalue weighted by Crippen LogP contribution is 2.29. The second-order valence-corrected chi connectivity index (χ2v) is 4.62. The summed E-state index contributed by atoms with van der Waals surface area (Å²) in [6.07, 6.45) is 0. The number of phenols is 1. The van der Waals surface area contributed by atoms with E-state index in [-0.39, 0.29) is 5.75 Å². The quantitative estimate of drug-likeness (QED) is 0.496. The molecule has 4 heteroatoms. The van der Waals surface area contributed by atoms with E-state index in [1.54, 1.807) is 24.3 Å². The molecule has 0 bridgehead atoms. The average molecular weight is 261 g/mol. The SMILES string of the molecule is Cc1cc2c(=O)oc3cc(O)ccc3c2cc1Cl. The van der Waals surface area contributed by atoms with Gasteiger partial charge in [0, 0.05) is 21.9 Å². The Morgan fingerprint density at radius 1 is 1.11 bits per heavy atom. The lowest BCUT2D eigenvalue weighted by Gasteiger charge is -2.05. The van der Waals surface area contributed by atoms with Gasteiger partial charge in [-0.05, 0) is 36.8 Å². The Kier molecular flexibility index (Phi) is 2.31. The van der Waals surface area contributed by atoms with Crippen LogP contribution in [-0.2, 0) is 0 Å². The molecule has 0 aliphatic carbocycles. The molecule has 3 aromatic rings. The summed E-state index contributed by atoms with van der Waals surface area (Å²) < 4.78 is 5.19. The maximum Gasteiger partial charge on any atom is 0.344 e. The van der Waals surface area contributed by atoms with Crippen molar-refractivity contribution in [3.63, 3.8) is 0 Å². The Hall–Kier alpha value is -2.00. The van der Waals surface area contributed by atoms with Crippen LogP contribution in [0.15, 0.2) is 39.5 Å². The number of rotatable bonds is 0. The first-order valence-electron chi connectivity index (χ1n) is 5.42. The van der Waals surface area contributed by atoms with E-state index >= 15 is 0 Å². The van der Waals surface area contributed by atoms with Crippen LogP contribution in [0.2, 0.25) is 5.02 Å². The Labute approximate surface area is 107 Å². The van der Waals surface area contributed by atoms with Gasteiger partial charge in [0.15, 0.2) is 0 Å². The van der Waals surface area contributed by atoms with E-state index in [4.69, 9.17) is 16.0 Å². The molecule has 2 aromatic carbocycles. The summed E-state index contributed by atoms with van der Waals surface area (Å²) in [5, 5.41) is 12.0. The van der Waals surface area contributed by atoms with Gasteiger partial charge in [0.25, 0.3) is 0 Å². The molecule has 1 N–H and O–H groups in total. The molecule has 0 spiro atoms. The van der Waals surface area contributed by atoms with E-state index in [0.29, 0.717) is 16.0 Å². The molecule has 0 aliphatic heterocycles. The first-order valence-corrected chi connectivity index (χ1v) is 5.80. The van der Waals surface area contributed by atoms with Crippen LogP contribution in [-0.4, -0.2) is 5.11 Å². The fourth-order valence-electron chi connectivity index (χ4n) is 2.05. The molecule has 1 aromatic heterocycles. The van der Waals surface area contributed by atoms with Crippen LogP contribution in [0.1, 0.15) is 5.56 Å². The van der Waals surface area contributed by atoms with Gasteiger partial charge in [-0.25, -0.2) is 4.79 Å². The van der Waals surface area contributed by atoms with Crippen molar-refractivity contribution in [2.24, 2.45) is 0 Å². The summed E-state index contributed by atoms with van der Waals surface area (Å²) in [4.78, 5) is 11.9. The molecular formula is C14H9ClO3. The lowest BCUT2D eigenvalue weighted by atomic mass is 10.1. The number of aromatic hydroxyl groups is 1. The van der Waals surface area contributed by atoms with Crippen molar-refractivity contribution in [3.8, 4) is 5.75 Å². The third-order valence-electron chi connectivity index (χ3n) is 2.98. The fraction of sp³-hybridized carbons (Fsp3) is 0.0714.